The van der Waals surface area contributed by atoms with Crippen molar-refractivity contribution in [3.05, 3.63) is 0 Å². The maximum absolute atomic E-state index is 11.5. The number of rotatable bonds is 9. The van der Waals surface area contributed by atoms with E-state index in [-0.39, 0.29) is 5.75 Å². The number of likely N-dealkylation sites (tertiary alicyclic amines) is 1. The summed E-state index contributed by atoms with van der Waals surface area (Å²) < 4.78 is 25.7. The topological polar surface area (TPSA) is 75.4 Å². The van der Waals surface area contributed by atoms with Crippen LogP contribution in [0.2, 0.25) is 0 Å². The van der Waals surface area contributed by atoms with Crippen molar-refractivity contribution in [2.24, 2.45) is 5.73 Å². The minimum atomic E-state index is -3.07. The molecule has 0 aromatic heterocycles. The van der Waals surface area contributed by atoms with E-state index in [1.54, 1.807) is 0 Å². The Labute approximate surface area is 105 Å². The predicted molar refractivity (Wildman–Crippen MR) is 70.4 cm³/mol. The van der Waals surface area contributed by atoms with Crippen molar-refractivity contribution in [1.29, 1.82) is 0 Å². The zero-order valence-corrected chi connectivity index (χ0v) is 11.3. The summed E-state index contributed by atoms with van der Waals surface area (Å²) in [6.45, 7) is 4.46. The molecule has 1 fully saturated rings. The van der Waals surface area contributed by atoms with Crippen LogP contribution in [0.5, 0.6) is 0 Å². The molecule has 1 saturated heterocycles. The van der Waals surface area contributed by atoms with Crippen LogP contribution in [0, 0.1) is 0 Å². The van der Waals surface area contributed by atoms with E-state index in [1.807, 2.05) is 0 Å². The van der Waals surface area contributed by atoms with E-state index in [0.717, 1.165) is 19.4 Å². The van der Waals surface area contributed by atoms with E-state index >= 15 is 0 Å². The van der Waals surface area contributed by atoms with Crippen LogP contribution in [0.25, 0.3) is 0 Å². The van der Waals surface area contributed by atoms with Gasteiger partial charge in [0.25, 0.3) is 0 Å². The van der Waals surface area contributed by atoms with Crippen LogP contribution in [-0.4, -0.2) is 51.8 Å². The zero-order chi connectivity index (χ0) is 12.6. The van der Waals surface area contributed by atoms with Crippen molar-refractivity contribution in [1.82, 2.24) is 9.62 Å². The molecule has 102 valence electrons. The Bertz CT molecular complexity index is 287. The number of nitrogens with two attached hydrogens (primary N) is 1. The third-order valence-electron chi connectivity index (χ3n) is 3.04. The lowest BCUT2D eigenvalue weighted by molar-refractivity contribution is 0.334. The summed E-state index contributed by atoms with van der Waals surface area (Å²) in [4.78, 5) is 2.39. The fourth-order valence-corrected chi connectivity index (χ4v) is 3.23. The fourth-order valence-electron chi connectivity index (χ4n) is 2.05. The Balaban J connectivity index is 2.03. The smallest absolute Gasteiger partial charge is 0.211 e. The van der Waals surface area contributed by atoms with Gasteiger partial charge in [0.15, 0.2) is 0 Å². The van der Waals surface area contributed by atoms with Gasteiger partial charge in [0, 0.05) is 6.54 Å². The third kappa shape index (κ3) is 6.98. The van der Waals surface area contributed by atoms with Crippen molar-refractivity contribution in [3.63, 3.8) is 0 Å². The first-order valence-electron chi connectivity index (χ1n) is 6.54. The molecule has 1 heterocycles. The predicted octanol–water partition coefficient (Wildman–Crippen LogP) is 0.131. The first-order valence-corrected chi connectivity index (χ1v) is 8.19. The fraction of sp³-hybridized carbons (Fsp3) is 1.00. The lowest BCUT2D eigenvalue weighted by Gasteiger charge is -2.14. The summed E-state index contributed by atoms with van der Waals surface area (Å²) >= 11 is 0. The quantitative estimate of drug-likeness (QED) is 0.580. The average molecular weight is 263 g/mol. The van der Waals surface area contributed by atoms with E-state index in [4.69, 9.17) is 5.73 Å². The van der Waals surface area contributed by atoms with Crippen LogP contribution in [0.1, 0.15) is 32.1 Å². The molecule has 1 aliphatic rings. The van der Waals surface area contributed by atoms with Gasteiger partial charge in [-0.15, -0.1) is 0 Å². The lowest BCUT2D eigenvalue weighted by Crippen LogP contribution is -2.30. The number of hydrogen-bond acceptors (Lipinski definition) is 4. The Hall–Kier alpha value is -0.170. The first kappa shape index (κ1) is 14.9. The molecular weight excluding hydrogens is 238 g/mol. The lowest BCUT2D eigenvalue weighted by atomic mass is 10.3. The maximum Gasteiger partial charge on any atom is 0.211 e. The summed E-state index contributed by atoms with van der Waals surface area (Å²) in [5.41, 5.74) is 5.33. The van der Waals surface area contributed by atoms with Crippen LogP contribution >= 0.6 is 0 Å². The standard InChI is InChI=1S/C11H25N3O2S/c12-6-1-4-11-17(15,16)13-7-5-10-14-8-2-3-9-14/h13H,1-12H2. The molecule has 3 N–H and O–H groups in total. The second-order valence-corrected chi connectivity index (χ2v) is 6.54. The normalized spacial score (nSPS) is 17.7. The van der Waals surface area contributed by atoms with Gasteiger partial charge in [-0.1, -0.05) is 0 Å². The van der Waals surface area contributed by atoms with E-state index in [1.165, 1.54) is 25.9 Å². The highest BCUT2D eigenvalue weighted by molar-refractivity contribution is 7.89. The average Bonchev–Trinajstić information content (AvgIpc) is 2.77. The Morgan fingerprint density at radius 2 is 1.82 bits per heavy atom. The summed E-state index contributed by atoms with van der Waals surface area (Å²) in [6.07, 6.45) is 4.89. The van der Waals surface area contributed by atoms with Crippen molar-refractivity contribution in [3.8, 4) is 0 Å². The van der Waals surface area contributed by atoms with E-state index in [0.29, 0.717) is 19.5 Å². The molecule has 17 heavy (non-hydrogen) atoms. The molecule has 1 aliphatic heterocycles. The van der Waals surface area contributed by atoms with Crippen LogP contribution in [0.15, 0.2) is 0 Å². The Morgan fingerprint density at radius 3 is 2.47 bits per heavy atom. The van der Waals surface area contributed by atoms with E-state index < -0.39 is 10.0 Å². The third-order valence-corrected chi connectivity index (χ3v) is 4.51. The minimum absolute atomic E-state index is 0.202. The van der Waals surface area contributed by atoms with Crippen molar-refractivity contribution in [2.75, 3.05) is 38.5 Å². The highest BCUT2D eigenvalue weighted by Gasteiger charge is 2.12. The Kier molecular flexibility index (Phi) is 7.03. The molecule has 0 saturated carbocycles. The molecule has 0 aromatic carbocycles. The van der Waals surface area contributed by atoms with Gasteiger partial charge >= 0.3 is 0 Å². The molecular formula is C11H25N3O2S. The van der Waals surface area contributed by atoms with Crippen LogP contribution in [0.3, 0.4) is 0 Å². The molecule has 0 unspecified atom stereocenters. The molecule has 5 nitrogen and oxygen atoms in total. The summed E-state index contributed by atoms with van der Waals surface area (Å²) in [5.74, 6) is 0.202. The molecule has 0 aromatic rings. The highest BCUT2D eigenvalue weighted by atomic mass is 32.2. The number of hydrogen-bond donors (Lipinski definition) is 2. The SMILES string of the molecule is NCCCCS(=O)(=O)NCCCN1CCCC1. The molecule has 0 aliphatic carbocycles. The van der Waals surface area contributed by atoms with Crippen LogP contribution in [0.4, 0.5) is 0 Å². The van der Waals surface area contributed by atoms with E-state index in [2.05, 4.69) is 9.62 Å². The van der Waals surface area contributed by atoms with Crippen molar-refractivity contribution >= 4 is 10.0 Å². The number of unbranched alkanes of at least 4 members (excludes halogenated alkanes) is 1. The minimum Gasteiger partial charge on any atom is -0.330 e. The maximum atomic E-state index is 11.5. The van der Waals surface area contributed by atoms with E-state index in [9.17, 15) is 8.42 Å². The van der Waals surface area contributed by atoms with Crippen LogP contribution < -0.4 is 10.5 Å². The second-order valence-electron chi connectivity index (χ2n) is 4.61. The van der Waals surface area contributed by atoms with Crippen LogP contribution in [-0.2, 0) is 10.0 Å². The van der Waals surface area contributed by atoms with Gasteiger partial charge in [-0.3, -0.25) is 0 Å². The monoisotopic (exact) mass is 263 g/mol. The molecule has 0 bridgehead atoms. The van der Waals surface area contributed by atoms with Gasteiger partial charge in [-0.2, -0.15) is 0 Å². The van der Waals surface area contributed by atoms with Gasteiger partial charge in [0.2, 0.25) is 10.0 Å². The summed E-state index contributed by atoms with van der Waals surface area (Å²) in [7, 11) is -3.07. The first-order chi connectivity index (χ1) is 8.14. The number of sulfonamides is 1. The van der Waals surface area contributed by atoms with Gasteiger partial charge in [0.05, 0.1) is 5.75 Å². The number of nitrogens with one attached hydrogen (secondary N) is 1. The zero-order valence-electron chi connectivity index (χ0n) is 10.5. The largest absolute Gasteiger partial charge is 0.330 e. The summed E-state index contributed by atoms with van der Waals surface area (Å²) in [6, 6.07) is 0. The summed E-state index contributed by atoms with van der Waals surface area (Å²) in [5, 5.41) is 0. The Morgan fingerprint density at radius 1 is 1.12 bits per heavy atom. The van der Waals surface area contributed by atoms with Crippen molar-refractivity contribution < 1.29 is 8.42 Å². The van der Waals surface area contributed by atoms with Gasteiger partial charge in [-0.25, -0.2) is 13.1 Å². The van der Waals surface area contributed by atoms with Crippen molar-refractivity contribution in [2.45, 2.75) is 32.1 Å². The second kappa shape index (κ2) is 8.02. The molecule has 0 amide bonds. The highest BCUT2D eigenvalue weighted by Crippen LogP contribution is 2.06. The molecule has 1 rings (SSSR count). The number of nitrogens with zero attached hydrogens (tertiary/aromatic N) is 1. The van der Waals surface area contributed by atoms with Gasteiger partial charge in [0.1, 0.15) is 0 Å². The molecule has 6 heteroatoms. The molecule has 0 atom stereocenters. The molecule has 0 radical (unpaired) electrons. The van der Waals surface area contributed by atoms with Gasteiger partial charge in [-0.05, 0) is 58.3 Å². The van der Waals surface area contributed by atoms with Gasteiger partial charge < -0.3 is 10.6 Å². The molecule has 0 spiro atoms.